The Morgan fingerprint density at radius 1 is 0.939 bits per heavy atom. The summed E-state index contributed by atoms with van der Waals surface area (Å²) >= 11 is 0. The molecule has 3 saturated heterocycles. The van der Waals surface area contributed by atoms with Crippen molar-refractivity contribution in [3.05, 3.63) is 71.3 Å². The van der Waals surface area contributed by atoms with Gasteiger partial charge in [0.2, 0.25) is 11.8 Å². The van der Waals surface area contributed by atoms with Crippen molar-refractivity contribution in [2.45, 2.75) is 25.4 Å². The van der Waals surface area contributed by atoms with E-state index in [4.69, 9.17) is 5.26 Å². The molecule has 3 aliphatic rings. The second-order valence-electron chi connectivity index (χ2n) is 9.16. The number of fused-ring (bicyclic) bond motifs is 1. The van der Waals surface area contributed by atoms with E-state index in [1.54, 1.807) is 29.2 Å². The molecule has 0 radical (unpaired) electrons. The van der Waals surface area contributed by atoms with E-state index in [1.807, 2.05) is 18.2 Å². The summed E-state index contributed by atoms with van der Waals surface area (Å²) in [5, 5.41) is 9.07. The lowest BCUT2D eigenvalue weighted by Gasteiger charge is -2.36. The molecule has 0 aromatic heterocycles. The van der Waals surface area contributed by atoms with Gasteiger partial charge in [0.15, 0.2) is 0 Å². The van der Waals surface area contributed by atoms with E-state index in [-0.39, 0.29) is 35.6 Å². The van der Waals surface area contributed by atoms with Crippen LogP contribution in [0.25, 0.3) is 0 Å². The van der Waals surface area contributed by atoms with Gasteiger partial charge in [-0.25, -0.2) is 0 Å². The molecule has 3 heterocycles. The number of nitriles is 1. The van der Waals surface area contributed by atoms with Gasteiger partial charge in [-0.05, 0) is 36.6 Å². The third kappa shape index (κ3) is 4.03. The Bertz CT molecular complexity index is 1090. The first-order valence-corrected chi connectivity index (χ1v) is 11.5. The molecule has 3 aliphatic heterocycles. The van der Waals surface area contributed by atoms with Crippen LogP contribution in [0.15, 0.2) is 54.6 Å². The summed E-state index contributed by atoms with van der Waals surface area (Å²) in [5.41, 5.74) is 2.14. The topological polar surface area (TPSA) is 84.7 Å². The van der Waals surface area contributed by atoms with Crippen LogP contribution in [0.5, 0.6) is 0 Å². The number of nitrogens with zero attached hydrogens (tertiary/aromatic N) is 4. The van der Waals surface area contributed by atoms with E-state index in [0.717, 1.165) is 6.54 Å². The van der Waals surface area contributed by atoms with Gasteiger partial charge in [-0.15, -0.1) is 0 Å². The minimum Gasteiger partial charge on any atom is -0.338 e. The molecule has 168 valence electrons. The monoisotopic (exact) mass is 442 g/mol. The molecular weight excluding hydrogens is 416 g/mol. The van der Waals surface area contributed by atoms with Crippen molar-refractivity contribution in [1.29, 1.82) is 5.26 Å². The lowest BCUT2D eigenvalue weighted by atomic mass is 10.00. The van der Waals surface area contributed by atoms with Crippen molar-refractivity contribution in [1.82, 2.24) is 14.7 Å². The fourth-order valence-corrected chi connectivity index (χ4v) is 5.41. The van der Waals surface area contributed by atoms with Gasteiger partial charge in [-0.2, -0.15) is 5.26 Å². The summed E-state index contributed by atoms with van der Waals surface area (Å²) in [4.78, 5) is 44.6. The molecule has 0 aliphatic carbocycles. The molecule has 2 aromatic carbocycles. The first-order valence-electron chi connectivity index (χ1n) is 11.5. The molecule has 5 rings (SSSR count). The Balaban J connectivity index is 1.19. The van der Waals surface area contributed by atoms with E-state index in [2.05, 4.69) is 23.1 Å². The highest BCUT2D eigenvalue weighted by Crippen LogP contribution is 2.37. The number of likely N-dealkylation sites (tertiary alicyclic amines) is 3. The normalized spacial score (nSPS) is 23.6. The summed E-state index contributed by atoms with van der Waals surface area (Å²) in [5.74, 6) is -0.721. The van der Waals surface area contributed by atoms with Crippen LogP contribution in [0, 0.1) is 23.2 Å². The van der Waals surface area contributed by atoms with Crippen molar-refractivity contribution in [2.75, 3.05) is 26.2 Å². The molecule has 0 N–H and O–H groups in total. The molecule has 2 aromatic rings. The SMILES string of the molecule is N#Cc1cccc(C(=O)N2CCC(N3C(=O)C4CN(Cc5ccccc5)CC4C3=O)CC2)c1. The third-order valence-electron chi connectivity index (χ3n) is 7.11. The van der Waals surface area contributed by atoms with Gasteiger partial charge in [0, 0.05) is 44.3 Å². The lowest BCUT2D eigenvalue weighted by molar-refractivity contribution is -0.144. The molecule has 0 bridgehead atoms. The van der Waals surface area contributed by atoms with Crippen molar-refractivity contribution >= 4 is 17.7 Å². The number of carbonyl (C=O) groups excluding carboxylic acids is 3. The largest absolute Gasteiger partial charge is 0.338 e. The van der Waals surface area contributed by atoms with Gasteiger partial charge in [-0.1, -0.05) is 36.4 Å². The molecule has 7 nitrogen and oxygen atoms in total. The molecule has 0 saturated carbocycles. The number of rotatable bonds is 4. The van der Waals surface area contributed by atoms with Gasteiger partial charge in [0.25, 0.3) is 5.91 Å². The second kappa shape index (κ2) is 8.80. The Labute approximate surface area is 193 Å². The molecule has 3 amide bonds. The number of piperidine rings is 1. The third-order valence-corrected chi connectivity index (χ3v) is 7.11. The van der Waals surface area contributed by atoms with Crippen LogP contribution in [-0.2, 0) is 16.1 Å². The average molecular weight is 443 g/mol. The van der Waals surface area contributed by atoms with Crippen LogP contribution in [-0.4, -0.2) is 64.6 Å². The zero-order valence-corrected chi connectivity index (χ0v) is 18.4. The number of hydrogen-bond donors (Lipinski definition) is 0. The number of amides is 3. The van der Waals surface area contributed by atoms with Crippen molar-refractivity contribution < 1.29 is 14.4 Å². The fraction of sp³-hybridized carbons (Fsp3) is 0.385. The van der Waals surface area contributed by atoms with Gasteiger partial charge < -0.3 is 4.90 Å². The first kappa shape index (κ1) is 21.4. The van der Waals surface area contributed by atoms with Crippen LogP contribution < -0.4 is 0 Å². The maximum Gasteiger partial charge on any atom is 0.253 e. The van der Waals surface area contributed by atoms with Gasteiger partial charge in [0.1, 0.15) is 0 Å². The van der Waals surface area contributed by atoms with Gasteiger partial charge in [-0.3, -0.25) is 24.2 Å². The van der Waals surface area contributed by atoms with Crippen LogP contribution >= 0.6 is 0 Å². The predicted molar refractivity (Wildman–Crippen MR) is 121 cm³/mol. The zero-order valence-electron chi connectivity index (χ0n) is 18.4. The Morgan fingerprint density at radius 2 is 1.61 bits per heavy atom. The van der Waals surface area contributed by atoms with E-state index in [9.17, 15) is 14.4 Å². The first-order chi connectivity index (χ1) is 16.0. The lowest BCUT2D eigenvalue weighted by Crippen LogP contribution is -2.50. The minimum atomic E-state index is -0.255. The molecule has 33 heavy (non-hydrogen) atoms. The van der Waals surface area contributed by atoms with Gasteiger partial charge in [0.05, 0.1) is 23.5 Å². The molecule has 2 unspecified atom stereocenters. The molecular formula is C26H26N4O3. The molecule has 3 fully saturated rings. The van der Waals surface area contributed by atoms with E-state index >= 15 is 0 Å². The smallest absolute Gasteiger partial charge is 0.253 e. The Kier molecular flexibility index (Phi) is 5.69. The number of carbonyl (C=O) groups is 3. The van der Waals surface area contributed by atoms with Gasteiger partial charge >= 0.3 is 0 Å². The van der Waals surface area contributed by atoms with Crippen LogP contribution in [0.4, 0.5) is 0 Å². The quantitative estimate of drug-likeness (QED) is 0.679. The highest BCUT2D eigenvalue weighted by molar-refractivity contribution is 6.06. The zero-order chi connectivity index (χ0) is 22.9. The summed E-state index contributed by atoms with van der Waals surface area (Å²) in [6.07, 6.45) is 1.18. The molecule has 7 heteroatoms. The number of benzene rings is 2. The fourth-order valence-electron chi connectivity index (χ4n) is 5.41. The van der Waals surface area contributed by atoms with E-state index in [1.165, 1.54) is 10.5 Å². The standard InChI is InChI=1S/C26H26N4O3/c27-14-19-7-4-8-20(13-19)24(31)29-11-9-21(10-12-29)30-25(32)22-16-28(17-23(22)26(30)33)15-18-5-2-1-3-6-18/h1-8,13,21-23H,9-12,15-17H2. The van der Waals surface area contributed by atoms with Crippen molar-refractivity contribution in [3.8, 4) is 6.07 Å². The van der Waals surface area contributed by atoms with Crippen molar-refractivity contribution in [2.24, 2.45) is 11.8 Å². The molecule has 0 spiro atoms. The van der Waals surface area contributed by atoms with Crippen LogP contribution in [0.1, 0.15) is 34.3 Å². The van der Waals surface area contributed by atoms with Crippen molar-refractivity contribution in [3.63, 3.8) is 0 Å². The Morgan fingerprint density at radius 3 is 2.24 bits per heavy atom. The van der Waals surface area contributed by atoms with E-state index < -0.39 is 0 Å². The maximum absolute atomic E-state index is 13.2. The summed E-state index contributed by atoms with van der Waals surface area (Å²) in [7, 11) is 0. The highest BCUT2D eigenvalue weighted by Gasteiger charge is 2.54. The summed E-state index contributed by atoms with van der Waals surface area (Å²) < 4.78 is 0. The maximum atomic E-state index is 13.2. The predicted octanol–water partition coefficient (Wildman–Crippen LogP) is 2.28. The van der Waals surface area contributed by atoms with Crippen LogP contribution in [0.3, 0.4) is 0 Å². The number of imide groups is 1. The summed E-state index contributed by atoms with van der Waals surface area (Å²) in [6.45, 7) is 2.97. The second-order valence-corrected chi connectivity index (χ2v) is 9.16. The highest BCUT2D eigenvalue weighted by atomic mass is 16.2. The average Bonchev–Trinajstić information content (AvgIpc) is 3.37. The minimum absolute atomic E-state index is 0.0490. The van der Waals surface area contributed by atoms with E-state index in [0.29, 0.717) is 50.1 Å². The van der Waals surface area contributed by atoms with Crippen LogP contribution in [0.2, 0.25) is 0 Å². The number of hydrogen-bond acceptors (Lipinski definition) is 5. The Hall–Kier alpha value is -3.50. The summed E-state index contributed by atoms with van der Waals surface area (Å²) in [6, 6.07) is 18.7. The molecule has 2 atom stereocenters.